The topological polar surface area (TPSA) is 85.2 Å². The molecule has 118 valence electrons. The third kappa shape index (κ3) is 2.61. The lowest BCUT2D eigenvalue weighted by atomic mass is 10.1. The Kier molecular flexibility index (Phi) is 3.92. The molecule has 0 aliphatic rings. The molecule has 0 amide bonds. The summed E-state index contributed by atoms with van der Waals surface area (Å²) < 4.78 is 5.53. The number of halogens is 1. The Morgan fingerprint density at radius 1 is 1.30 bits per heavy atom. The van der Waals surface area contributed by atoms with Crippen LogP contribution in [0, 0.1) is 10.1 Å². The molecule has 6 nitrogen and oxygen atoms in total. The van der Waals surface area contributed by atoms with Gasteiger partial charge in [-0.05, 0) is 30.7 Å². The van der Waals surface area contributed by atoms with Gasteiger partial charge in [0.05, 0.1) is 27.5 Å². The first-order valence-electron chi connectivity index (χ1n) is 7.08. The molecule has 0 atom stereocenters. The molecule has 3 aromatic rings. The summed E-state index contributed by atoms with van der Waals surface area (Å²) in [7, 11) is 0. The number of aromatic amines is 1. The molecular weight excluding hydrogens is 320 g/mol. The van der Waals surface area contributed by atoms with Crippen molar-refractivity contribution < 1.29 is 9.66 Å². The van der Waals surface area contributed by atoms with Crippen molar-refractivity contribution in [2.45, 2.75) is 13.3 Å². The van der Waals surface area contributed by atoms with E-state index in [2.05, 4.69) is 4.98 Å². The van der Waals surface area contributed by atoms with Gasteiger partial charge in [-0.15, -0.1) is 0 Å². The quantitative estimate of drug-likeness (QED) is 0.444. The van der Waals surface area contributed by atoms with Gasteiger partial charge >= 0.3 is 0 Å². The van der Waals surface area contributed by atoms with Gasteiger partial charge in [-0.25, -0.2) is 0 Å². The third-order valence-corrected chi connectivity index (χ3v) is 3.84. The molecule has 0 radical (unpaired) electrons. The molecule has 1 aromatic heterocycles. The highest BCUT2D eigenvalue weighted by Crippen LogP contribution is 2.30. The zero-order valence-electron chi connectivity index (χ0n) is 12.3. The minimum Gasteiger partial charge on any atom is -0.494 e. The van der Waals surface area contributed by atoms with Crippen LogP contribution in [0.2, 0.25) is 5.02 Å². The van der Waals surface area contributed by atoms with Gasteiger partial charge in [0.1, 0.15) is 11.3 Å². The maximum atomic E-state index is 12.7. The van der Waals surface area contributed by atoms with Gasteiger partial charge < -0.3 is 9.72 Å². The van der Waals surface area contributed by atoms with Gasteiger partial charge in [0.25, 0.3) is 5.69 Å². The van der Waals surface area contributed by atoms with Crippen molar-refractivity contribution >= 4 is 39.1 Å². The Morgan fingerprint density at radius 3 is 2.78 bits per heavy atom. The number of H-pyrrole nitrogens is 1. The molecule has 3 rings (SSSR count). The van der Waals surface area contributed by atoms with Crippen LogP contribution < -0.4 is 10.2 Å². The fourth-order valence-corrected chi connectivity index (χ4v) is 2.71. The van der Waals surface area contributed by atoms with E-state index >= 15 is 0 Å². The Bertz CT molecular complexity index is 981. The average Bonchev–Trinajstić information content (AvgIpc) is 2.53. The summed E-state index contributed by atoms with van der Waals surface area (Å²) in [6, 6.07) is 7.66. The van der Waals surface area contributed by atoms with Crippen LogP contribution in [0.3, 0.4) is 0 Å². The smallest absolute Gasteiger partial charge is 0.293 e. The number of pyridine rings is 1. The lowest BCUT2D eigenvalue weighted by Gasteiger charge is -2.08. The van der Waals surface area contributed by atoms with E-state index in [4.69, 9.17) is 16.3 Å². The Labute approximate surface area is 135 Å². The zero-order chi connectivity index (χ0) is 16.6. The third-order valence-electron chi connectivity index (χ3n) is 3.52. The number of hydrogen-bond acceptors (Lipinski definition) is 4. The molecule has 23 heavy (non-hydrogen) atoms. The summed E-state index contributed by atoms with van der Waals surface area (Å²) in [5, 5.41) is 11.8. The second kappa shape index (κ2) is 5.89. The molecule has 2 aromatic carbocycles. The number of aromatic nitrogens is 1. The number of non-ortho nitro benzene ring substituents is 1. The lowest BCUT2D eigenvalue weighted by Crippen LogP contribution is -2.07. The van der Waals surface area contributed by atoms with E-state index in [1.165, 1.54) is 12.1 Å². The predicted octanol–water partition coefficient (Wildman–Crippen LogP) is 4.03. The van der Waals surface area contributed by atoms with E-state index in [1.54, 1.807) is 18.2 Å². The largest absolute Gasteiger partial charge is 0.494 e. The van der Waals surface area contributed by atoms with Crippen molar-refractivity contribution in [1.82, 2.24) is 4.98 Å². The number of nitro benzene ring substituents is 1. The molecule has 0 saturated carbocycles. The van der Waals surface area contributed by atoms with E-state index in [0.717, 1.165) is 6.42 Å². The van der Waals surface area contributed by atoms with E-state index in [0.29, 0.717) is 23.3 Å². The zero-order valence-corrected chi connectivity index (χ0v) is 13.0. The Morgan fingerprint density at radius 2 is 2.09 bits per heavy atom. The number of rotatable bonds is 4. The first-order chi connectivity index (χ1) is 11.0. The molecule has 0 bridgehead atoms. The van der Waals surface area contributed by atoms with Crippen molar-refractivity contribution in [2.75, 3.05) is 6.61 Å². The molecule has 0 saturated heterocycles. The fourth-order valence-electron chi connectivity index (χ4n) is 2.47. The summed E-state index contributed by atoms with van der Waals surface area (Å²) in [6.07, 6.45) is 0.851. The molecule has 1 N–H and O–H groups in total. The molecular formula is C16H13ClN2O4. The monoisotopic (exact) mass is 332 g/mol. The summed E-state index contributed by atoms with van der Waals surface area (Å²) in [6.45, 7) is 2.53. The minimum atomic E-state index is -0.542. The van der Waals surface area contributed by atoms with Crippen LogP contribution in [-0.4, -0.2) is 16.5 Å². The van der Waals surface area contributed by atoms with Gasteiger partial charge in [0.2, 0.25) is 0 Å². The highest BCUT2D eigenvalue weighted by molar-refractivity contribution is 6.36. The van der Waals surface area contributed by atoms with Crippen LogP contribution in [0.1, 0.15) is 13.3 Å². The van der Waals surface area contributed by atoms with Crippen LogP contribution in [0.25, 0.3) is 21.8 Å². The van der Waals surface area contributed by atoms with Crippen LogP contribution >= 0.6 is 11.6 Å². The summed E-state index contributed by atoms with van der Waals surface area (Å²) in [4.78, 5) is 26.3. The summed E-state index contributed by atoms with van der Waals surface area (Å²) in [5.74, 6) is 0.575. The number of nitrogens with one attached hydrogen (secondary N) is 1. The number of nitro groups is 1. The van der Waals surface area contributed by atoms with Crippen molar-refractivity contribution in [3.8, 4) is 5.75 Å². The number of ether oxygens (including phenoxy) is 1. The Hall–Kier alpha value is -2.60. The van der Waals surface area contributed by atoms with Crippen molar-refractivity contribution in [2.24, 2.45) is 0 Å². The number of fused-ring (bicyclic) bond motifs is 2. The number of nitrogens with zero attached hydrogens (tertiary/aromatic N) is 1. The molecule has 0 fully saturated rings. The molecule has 7 heteroatoms. The van der Waals surface area contributed by atoms with Crippen molar-refractivity contribution in [3.63, 3.8) is 0 Å². The van der Waals surface area contributed by atoms with E-state index in [1.807, 2.05) is 6.92 Å². The molecule has 0 aliphatic carbocycles. The molecule has 0 unspecified atom stereocenters. The highest BCUT2D eigenvalue weighted by atomic mass is 35.5. The van der Waals surface area contributed by atoms with E-state index in [9.17, 15) is 14.9 Å². The van der Waals surface area contributed by atoms with Gasteiger partial charge in [-0.3, -0.25) is 14.9 Å². The Balaban J connectivity index is 2.35. The first kappa shape index (κ1) is 15.3. The molecule has 0 aliphatic heterocycles. The standard InChI is InChI=1S/C16H13ClN2O4/c1-2-7-23-9-3-5-12-10(8-9)16(20)14-11(17)4-6-13(19(21)22)15(14)18-12/h3-6,8H,2,7H2,1H3,(H,18,20). The van der Waals surface area contributed by atoms with Crippen LogP contribution in [0.5, 0.6) is 5.75 Å². The van der Waals surface area contributed by atoms with Crippen LogP contribution in [0.4, 0.5) is 5.69 Å². The normalized spacial score (nSPS) is 11.0. The van der Waals surface area contributed by atoms with Gasteiger partial charge in [-0.1, -0.05) is 18.5 Å². The van der Waals surface area contributed by atoms with Gasteiger partial charge in [-0.2, -0.15) is 0 Å². The summed E-state index contributed by atoms with van der Waals surface area (Å²) in [5.41, 5.74) is 0.0815. The highest BCUT2D eigenvalue weighted by Gasteiger charge is 2.18. The molecule has 0 spiro atoms. The first-order valence-corrected chi connectivity index (χ1v) is 7.46. The SMILES string of the molecule is CCCOc1ccc2[nH]c3c([N+](=O)[O-])ccc(Cl)c3c(=O)c2c1. The maximum Gasteiger partial charge on any atom is 0.293 e. The second-order valence-electron chi connectivity index (χ2n) is 5.08. The van der Waals surface area contributed by atoms with Crippen LogP contribution in [0.15, 0.2) is 35.1 Å². The minimum absolute atomic E-state index is 0.112. The van der Waals surface area contributed by atoms with E-state index < -0.39 is 4.92 Å². The van der Waals surface area contributed by atoms with Gasteiger partial charge in [0, 0.05) is 11.5 Å². The number of hydrogen-bond donors (Lipinski definition) is 1. The van der Waals surface area contributed by atoms with Crippen molar-refractivity contribution in [1.29, 1.82) is 0 Å². The fraction of sp³-hybridized carbons (Fsp3) is 0.188. The number of benzene rings is 2. The predicted molar refractivity (Wildman–Crippen MR) is 89.5 cm³/mol. The average molecular weight is 333 g/mol. The van der Waals surface area contributed by atoms with E-state index in [-0.39, 0.29) is 27.0 Å². The second-order valence-corrected chi connectivity index (χ2v) is 5.49. The van der Waals surface area contributed by atoms with Crippen LogP contribution in [-0.2, 0) is 0 Å². The van der Waals surface area contributed by atoms with Gasteiger partial charge in [0.15, 0.2) is 5.43 Å². The molecule has 1 heterocycles. The maximum absolute atomic E-state index is 12.7. The lowest BCUT2D eigenvalue weighted by molar-refractivity contribution is -0.383. The van der Waals surface area contributed by atoms with Crippen molar-refractivity contribution in [3.05, 3.63) is 55.7 Å². The summed E-state index contributed by atoms with van der Waals surface area (Å²) >= 11 is 6.09.